The molecule has 2 N–H and O–H groups in total. The molecule has 3 unspecified atom stereocenters. The molecule has 3 amide bonds. The third-order valence-electron chi connectivity index (χ3n) is 5.80. The minimum Gasteiger partial charge on any atom is -0.444 e. The normalized spacial score (nSPS) is 13.9. The molecule has 0 aliphatic carbocycles. The van der Waals surface area contributed by atoms with Gasteiger partial charge >= 0.3 is 6.09 Å². The van der Waals surface area contributed by atoms with Crippen LogP contribution in [0.2, 0.25) is 0 Å². The van der Waals surface area contributed by atoms with Crippen LogP contribution in [0.25, 0.3) is 0 Å². The second-order valence-electron chi connectivity index (χ2n) is 9.88. The van der Waals surface area contributed by atoms with Gasteiger partial charge in [-0.2, -0.15) is 12.6 Å². The van der Waals surface area contributed by atoms with E-state index in [1.807, 2.05) is 38.1 Å². The number of carbonyl (C=O) groups excluding carboxylic acids is 3. The smallest absolute Gasteiger partial charge is 0.408 e. The Morgan fingerprint density at radius 1 is 1.06 bits per heavy atom. The summed E-state index contributed by atoms with van der Waals surface area (Å²) in [5.74, 6) is -0.521. The van der Waals surface area contributed by atoms with Gasteiger partial charge in [0.2, 0.25) is 11.8 Å². The molecule has 0 saturated heterocycles. The van der Waals surface area contributed by atoms with Crippen molar-refractivity contribution in [3.63, 3.8) is 0 Å². The summed E-state index contributed by atoms with van der Waals surface area (Å²) < 4.78 is 5.35. The predicted octanol–water partition coefficient (Wildman–Crippen LogP) is 5.05. The Hall–Kier alpha value is -2.22. The Morgan fingerprint density at radius 2 is 1.69 bits per heavy atom. The maximum Gasteiger partial charge on any atom is 0.408 e. The van der Waals surface area contributed by atoms with Crippen LogP contribution in [0.1, 0.15) is 91.3 Å². The van der Waals surface area contributed by atoms with Gasteiger partial charge in [-0.3, -0.25) is 9.59 Å². The van der Waals surface area contributed by atoms with Crippen LogP contribution < -0.4 is 10.6 Å². The van der Waals surface area contributed by atoms with E-state index in [4.69, 9.17) is 4.74 Å². The molecular weight excluding hydrogens is 462 g/mol. The number of hydrogen-bond donors (Lipinski definition) is 3. The number of hydrogen-bond acceptors (Lipinski definition) is 5. The van der Waals surface area contributed by atoms with E-state index in [2.05, 4.69) is 37.1 Å². The standard InChI is InChI=1S/C27H45N3O4S/c1-8-11-12-17-28-24(31)23(21-15-13-20(10-3)14-16-21)30(19(4)9-2)25(32)22(18-35)29-26(33)34-27(5,6)7/h13-16,19,22-23,35H,8-12,17-18H2,1-7H3,(H,28,31)(H,29,33). The van der Waals surface area contributed by atoms with Crippen molar-refractivity contribution in [2.75, 3.05) is 12.3 Å². The molecule has 0 fully saturated rings. The number of amides is 3. The van der Waals surface area contributed by atoms with Gasteiger partial charge in [0.05, 0.1) is 0 Å². The molecule has 35 heavy (non-hydrogen) atoms. The minimum atomic E-state index is -0.938. The van der Waals surface area contributed by atoms with Gasteiger partial charge in [0.25, 0.3) is 0 Å². The Labute approximate surface area is 217 Å². The van der Waals surface area contributed by atoms with Crippen LogP contribution in [0.4, 0.5) is 4.79 Å². The van der Waals surface area contributed by atoms with Crippen LogP contribution in [0.5, 0.6) is 0 Å². The zero-order valence-electron chi connectivity index (χ0n) is 22.5. The fraction of sp³-hybridized carbons (Fsp3) is 0.667. The number of nitrogens with zero attached hydrogens (tertiary/aromatic N) is 1. The molecule has 0 aliphatic rings. The number of nitrogens with one attached hydrogen (secondary N) is 2. The molecule has 198 valence electrons. The zero-order valence-corrected chi connectivity index (χ0v) is 23.4. The number of unbranched alkanes of at least 4 members (excludes halogenated alkanes) is 2. The van der Waals surface area contributed by atoms with E-state index in [0.29, 0.717) is 13.0 Å². The quantitative estimate of drug-likeness (QED) is 0.258. The van der Waals surface area contributed by atoms with Crippen molar-refractivity contribution in [2.45, 2.75) is 104 Å². The highest BCUT2D eigenvalue weighted by Gasteiger charge is 2.38. The fourth-order valence-corrected chi connectivity index (χ4v) is 3.92. The maximum atomic E-state index is 13.8. The molecule has 1 rings (SSSR count). The lowest BCUT2D eigenvalue weighted by Gasteiger charge is -2.38. The van der Waals surface area contributed by atoms with E-state index in [0.717, 1.165) is 36.8 Å². The zero-order chi connectivity index (χ0) is 26.6. The fourth-order valence-electron chi connectivity index (χ4n) is 3.67. The summed E-state index contributed by atoms with van der Waals surface area (Å²) in [5, 5.41) is 5.67. The summed E-state index contributed by atoms with van der Waals surface area (Å²) in [6, 6.07) is 5.79. The summed E-state index contributed by atoms with van der Waals surface area (Å²) in [6.07, 6.45) is 3.77. The second kappa shape index (κ2) is 15.0. The van der Waals surface area contributed by atoms with Crippen molar-refractivity contribution >= 4 is 30.5 Å². The van der Waals surface area contributed by atoms with Crippen molar-refractivity contribution in [3.8, 4) is 0 Å². The van der Waals surface area contributed by atoms with Gasteiger partial charge in [-0.05, 0) is 58.1 Å². The van der Waals surface area contributed by atoms with Gasteiger partial charge < -0.3 is 20.3 Å². The molecule has 0 aromatic heterocycles. The molecule has 0 saturated carbocycles. The van der Waals surface area contributed by atoms with Crippen LogP contribution in [0, 0.1) is 0 Å². The first kappa shape index (κ1) is 30.8. The van der Waals surface area contributed by atoms with E-state index < -0.39 is 23.8 Å². The van der Waals surface area contributed by atoms with E-state index in [-0.39, 0.29) is 23.6 Å². The Kier molecular flexibility index (Phi) is 13.2. The van der Waals surface area contributed by atoms with E-state index in [1.54, 1.807) is 25.7 Å². The first-order valence-electron chi connectivity index (χ1n) is 12.8. The van der Waals surface area contributed by atoms with Crippen LogP contribution in [0.15, 0.2) is 24.3 Å². The predicted molar refractivity (Wildman–Crippen MR) is 145 cm³/mol. The topological polar surface area (TPSA) is 87.7 Å². The molecule has 0 radical (unpaired) electrons. The first-order chi connectivity index (χ1) is 16.5. The van der Waals surface area contributed by atoms with Crippen LogP contribution >= 0.6 is 12.6 Å². The lowest BCUT2D eigenvalue weighted by Crippen LogP contribution is -2.56. The van der Waals surface area contributed by atoms with E-state index in [1.165, 1.54) is 0 Å². The van der Waals surface area contributed by atoms with Crippen LogP contribution in [0.3, 0.4) is 0 Å². The average Bonchev–Trinajstić information content (AvgIpc) is 2.81. The van der Waals surface area contributed by atoms with Crippen molar-refractivity contribution in [3.05, 3.63) is 35.4 Å². The lowest BCUT2D eigenvalue weighted by molar-refractivity contribution is -0.144. The maximum absolute atomic E-state index is 13.8. The Morgan fingerprint density at radius 3 is 2.17 bits per heavy atom. The van der Waals surface area contributed by atoms with Crippen molar-refractivity contribution < 1.29 is 19.1 Å². The third kappa shape index (κ3) is 10.1. The van der Waals surface area contributed by atoms with Gasteiger partial charge in [-0.1, -0.05) is 57.9 Å². The number of aryl methyl sites for hydroxylation is 1. The van der Waals surface area contributed by atoms with Gasteiger partial charge in [-0.15, -0.1) is 0 Å². The number of ether oxygens (including phenoxy) is 1. The molecular formula is C27H45N3O4S. The Balaban J connectivity index is 3.35. The number of benzene rings is 1. The largest absolute Gasteiger partial charge is 0.444 e. The molecule has 0 spiro atoms. The first-order valence-corrected chi connectivity index (χ1v) is 13.4. The summed E-state index contributed by atoms with van der Waals surface area (Å²) in [7, 11) is 0. The minimum absolute atomic E-state index is 0.0740. The molecule has 7 nitrogen and oxygen atoms in total. The molecule has 0 bridgehead atoms. The van der Waals surface area contributed by atoms with Crippen molar-refractivity contribution in [1.29, 1.82) is 0 Å². The number of alkyl carbamates (subject to hydrolysis) is 1. The highest BCUT2D eigenvalue weighted by Crippen LogP contribution is 2.27. The van der Waals surface area contributed by atoms with Gasteiger partial charge in [0.15, 0.2) is 0 Å². The third-order valence-corrected chi connectivity index (χ3v) is 6.17. The molecule has 0 aliphatic heterocycles. The van der Waals surface area contributed by atoms with E-state index in [9.17, 15) is 14.4 Å². The molecule has 1 aromatic rings. The average molecular weight is 508 g/mol. The SMILES string of the molecule is CCCCCNC(=O)C(c1ccc(CC)cc1)N(C(=O)C(CS)NC(=O)OC(C)(C)C)C(C)CC. The van der Waals surface area contributed by atoms with E-state index >= 15 is 0 Å². The number of rotatable bonds is 13. The lowest BCUT2D eigenvalue weighted by atomic mass is 9.98. The summed E-state index contributed by atoms with van der Waals surface area (Å²) in [6.45, 7) is 13.9. The van der Waals surface area contributed by atoms with Crippen LogP contribution in [-0.2, 0) is 20.7 Å². The summed E-state index contributed by atoms with van der Waals surface area (Å²) in [5.41, 5.74) is 1.18. The molecule has 3 atom stereocenters. The van der Waals surface area contributed by atoms with Crippen molar-refractivity contribution in [1.82, 2.24) is 15.5 Å². The van der Waals surface area contributed by atoms with Gasteiger partial charge in [0.1, 0.15) is 17.7 Å². The highest BCUT2D eigenvalue weighted by atomic mass is 32.1. The van der Waals surface area contributed by atoms with Crippen molar-refractivity contribution in [2.24, 2.45) is 0 Å². The highest BCUT2D eigenvalue weighted by molar-refractivity contribution is 7.80. The molecule has 1 aromatic carbocycles. The Bertz CT molecular complexity index is 808. The van der Waals surface area contributed by atoms with Gasteiger partial charge in [-0.25, -0.2) is 4.79 Å². The monoisotopic (exact) mass is 507 g/mol. The molecule has 8 heteroatoms. The number of thiol groups is 1. The van der Waals surface area contributed by atoms with Gasteiger partial charge in [0, 0.05) is 18.3 Å². The summed E-state index contributed by atoms with van der Waals surface area (Å²) in [4.78, 5) is 41.3. The molecule has 0 heterocycles. The number of carbonyl (C=O) groups is 3. The van der Waals surface area contributed by atoms with Crippen LogP contribution in [-0.4, -0.2) is 52.8 Å². The second-order valence-corrected chi connectivity index (χ2v) is 10.2. The summed E-state index contributed by atoms with van der Waals surface area (Å²) >= 11 is 4.33.